The van der Waals surface area contributed by atoms with Gasteiger partial charge in [0.15, 0.2) is 0 Å². The van der Waals surface area contributed by atoms with Crippen molar-refractivity contribution in [3.8, 4) is 5.75 Å². The van der Waals surface area contributed by atoms with Crippen LogP contribution < -0.4 is 10.3 Å². The quantitative estimate of drug-likeness (QED) is 0.574. The Labute approximate surface area is 180 Å². The van der Waals surface area contributed by atoms with Crippen molar-refractivity contribution in [2.45, 2.75) is 52.1 Å². The van der Waals surface area contributed by atoms with E-state index in [1.54, 1.807) is 11.3 Å². The molecule has 1 saturated carbocycles. The lowest BCUT2D eigenvalue weighted by Gasteiger charge is -2.29. The molecule has 0 aliphatic heterocycles. The van der Waals surface area contributed by atoms with Gasteiger partial charge in [0.1, 0.15) is 5.75 Å². The number of pyridine rings is 1. The summed E-state index contributed by atoms with van der Waals surface area (Å²) in [6, 6.07) is 11.6. The van der Waals surface area contributed by atoms with Crippen LogP contribution in [0.2, 0.25) is 0 Å². The minimum absolute atomic E-state index is 0.0720. The molecule has 30 heavy (non-hydrogen) atoms. The van der Waals surface area contributed by atoms with Crippen molar-refractivity contribution in [1.29, 1.82) is 0 Å². The van der Waals surface area contributed by atoms with Crippen LogP contribution in [0.15, 0.2) is 46.6 Å². The minimum atomic E-state index is -0.140. The Morgan fingerprint density at radius 1 is 1.17 bits per heavy atom. The van der Waals surface area contributed by atoms with E-state index in [1.165, 1.54) is 6.42 Å². The lowest BCUT2D eigenvalue weighted by molar-refractivity contribution is -0.137. The van der Waals surface area contributed by atoms with Crippen LogP contribution >= 0.6 is 11.3 Å². The van der Waals surface area contributed by atoms with Gasteiger partial charge in [-0.25, -0.2) is 0 Å². The van der Waals surface area contributed by atoms with Crippen molar-refractivity contribution in [2.75, 3.05) is 6.61 Å². The standard InChI is InChI=1S/C24H28N2O3S/c1-2-29-20-10-11-22-18(14-20)13-19(23(27)25-22)15-26(16-21-9-6-12-30-21)24(28)17-7-4-3-5-8-17/h6,9-14,17H,2-5,7-8,15-16H2,1H3,(H,25,27). The molecule has 6 heteroatoms. The predicted octanol–water partition coefficient (Wildman–Crippen LogP) is 5.10. The summed E-state index contributed by atoms with van der Waals surface area (Å²) in [6.45, 7) is 3.40. The second kappa shape index (κ2) is 9.47. The summed E-state index contributed by atoms with van der Waals surface area (Å²) in [4.78, 5) is 32.1. The Morgan fingerprint density at radius 3 is 2.73 bits per heavy atom. The van der Waals surface area contributed by atoms with Gasteiger partial charge in [-0.05, 0) is 55.5 Å². The van der Waals surface area contributed by atoms with Crippen LogP contribution in [0, 0.1) is 5.92 Å². The maximum Gasteiger partial charge on any atom is 0.253 e. The first-order valence-electron chi connectivity index (χ1n) is 10.7. The van der Waals surface area contributed by atoms with Crippen LogP contribution in [0.5, 0.6) is 5.75 Å². The number of amides is 1. The zero-order valence-electron chi connectivity index (χ0n) is 17.4. The smallest absolute Gasteiger partial charge is 0.253 e. The third-order valence-electron chi connectivity index (χ3n) is 5.76. The number of nitrogens with one attached hydrogen (secondary N) is 1. The SMILES string of the molecule is CCOc1ccc2[nH]c(=O)c(CN(Cc3cccs3)C(=O)C3CCCCC3)cc2c1. The molecule has 1 aliphatic rings. The summed E-state index contributed by atoms with van der Waals surface area (Å²) >= 11 is 1.64. The number of thiophene rings is 1. The summed E-state index contributed by atoms with van der Waals surface area (Å²) in [6.07, 6.45) is 5.33. The largest absolute Gasteiger partial charge is 0.494 e. The van der Waals surface area contributed by atoms with Crippen LogP contribution in [0.1, 0.15) is 49.5 Å². The maximum atomic E-state index is 13.3. The van der Waals surface area contributed by atoms with E-state index in [2.05, 4.69) is 4.98 Å². The molecule has 1 aromatic carbocycles. The van der Waals surface area contributed by atoms with E-state index in [0.717, 1.165) is 47.2 Å². The van der Waals surface area contributed by atoms with Gasteiger partial charge in [0, 0.05) is 27.3 Å². The van der Waals surface area contributed by atoms with Crippen LogP contribution in [-0.2, 0) is 17.9 Å². The number of H-pyrrole nitrogens is 1. The second-order valence-corrected chi connectivity index (χ2v) is 8.95. The number of aromatic amines is 1. The zero-order valence-corrected chi connectivity index (χ0v) is 18.2. The molecule has 0 unspecified atom stereocenters. The third kappa shape index (κ3) is 4.75. The van der Waals surface area contributed by atoms with Crippen LogP contribution in [0.25, 0.3) is 10.9 Å². The molecule has 0 saturated heterocycles. The molecule has 1 amide bonds. The second-order valence-electron chi connectivity index (χ2n) is 7.91. The van der Waals surface area contributed by atoms with Gasteiger partial charge >= 0.3 is 0 Å². The number of nitrogens with zero attached hydrogens (tertiary/aromatic N) is 1. The molecule has 2 heterocycles. The van der Waals surface area contributed by atoms with Crippen molar-refractivity contribution in [1.82, 2.24) is 9.88 Å². The zero-order chi connectivity index (χ0) is 20.9. The highest BCUT2D eigenvalue weighted by atomic mass is 32.1. The van der Waals surface area contributed by atoms with Gasteiger partial charge < -0.3 is 14.6 Å². The van der Waals surface area contributed by atoms with Crippen molar-refractivity contribution in [3.05, 3.63) is 62.6 Å². The molecular weight excluding hydrogens is 396 g/mol. The molecule has 0 spiro atoms. The van der Waals surface area contributed by atoms with Crippen LogP contribution in [-0.4, -0.2) is 22.4 Å². The van der Waals surface area contributed by atoms with Gasteiger partial charge in [0.25, 0.3) is 5.56 Å². The topological polar surface area (TPSA) is 62.4 Å². The number of hydrogen-bond donors (Lipinski definition) is 1. The number of hydrogen-bond acceptors (Lipinski definition) is 4. The first-order valence-corrected chi connectivity index (χ1v) is 11.6. The molecule has 2 aromatic heterocycles. The van der Waals surface area contributed by atoms with Gasteiger partial charge in [-0.2, -0.15) is 0 Å². The molecular formula is C24H28N2O3S. The number of ether oxygens (including phenoxy) is 1. The van der Waals surface area contributed by atoms with E-state index in [1.807, 2.05) is 53.6 Å². The van der Waals surface area contributed by atoms with Crippen LogP contribution in [0.4, 0.5) is 0 Å². The first-order chi connectivity index (χ1) is 14.6. The van der Waals surface area contributed by atoms with Crippen molar-refractivity contribution in [3.63, 3.8) is 0 Å². The first kappa shape index (κ1) is 20.7. The third-order valence-corrected chi connectivity index (χ3v) is 6.62. The van der Waals surface area contributed by atoms with Gasteiger partial charge in [-0.1, -0.05) is 25.3 Å². The Kier molecular flexibility index (Phi) is 6.53. The summed E-state index contributed by atoms with van der Waals surface area (Å²) in [7, 11) is 0. The highest BCUT2D eigenvalue weighted by molar-refractivity contribution is 7.09. The molecule has 1 N–H and O–H groups in total. The van der Waals surface area contributed by atoms with E-state index in [-0.39, 0.29) is 17.4 Å². The van der Waals surface area contributed by atoms with E-state index >= 15 is 0 Å². The monoisotopic (exact) mass is 424 g/mol. The Bertz CT molecular complexity index is 1050. The number of carbonyl (C=O) groups is 1. The fourth-order valence-corrected chi connectivity index (χ4v) is 4.94. The molecule has 5 nitrogen and oxygen atoms in total. The van der Waals surface area contributed by atoms with Crippen LogP contribution in [0.3, 0.4) is 0 Å². The fourth-order valence-electron chi connectivity index (χ4n) is 4.22. The summed E-state index contributed by atoms with van der Waals surface area (Å²) in [5.41, 5.74) is 1.24. The molecule has 158 valence electrons. The highest BCUT2D eigenvalue weighted by Crippen LogP contribution is 2.27. The predicted molar refractivity (Wildman–Crippen MR) is 121 cm³/mol. The normalized spacial score (nSPS) is 14.7. The Balaban J connectivity index is 1.63. The van der Waals surface area contributed by atoms with E-state index in [0.29, 0.717) is 25.3 Å². The van der Waals surface area contributed by atoms with Gasteiger partial charge in [0.05, 0.1) is 19.7 Å². The van der Waals surface area contributed by atoms with Gasteiger partial charge in [0.2, 0.25) is 5.91 Å². The van der Waals surface area contributed by atoms with E-state index < -0.39 is 0 Å². The summed E-state index contributed by atoms with van der Waals surface area (Å²) in [5.74, 6) is 1.02. The number of fused-ring (bicyclic) bond motifs is 1. The average Bonchev–Trinajstić information content (AvgIpc) is 3.27. The number of rotatable bonds is 7. The number of carbonyl (C=O) groups excluding carboxylic acids is 1. The fraction of sp³-hybridized carbons (Fsp3) is 0.417. The van der Waals surface area contributed by atoms with E-state index in [9.17, 15) is 9.59 Å². The molecule has 0 radical (unpaired) electrons. The molecule has 1 aliphatic carbocycles. The van der Waals surface area contributed by atoms with E-state index in [4.69, 9.17) is 4.74 Å². The van der Waals surface area contributed by atoms with Crippen molar-refractivity contribution < 1.29 is 9.53 Å². The summed E-state index contributed by atoms with van der Waals surface area (Å²) < 4.78 is 5.60. The lowest BCUT2D eigenvalue weighted by Crippen LogP contribution is -2.37. The molecule has 4 rings (SSSR count). The van der Waals surface area contributed by atoms with Crippen molar-refractivity contribution in [2.24, 2.45) is 5.92 Å². The Morgan fingerprint density at radius 2 is 2.00 bits per heavy atom. The summed E-state index contributed by atoms with van der Waals surface area (Å²) in [5, 5.41) is 2.94. The lowest BCUT2D eigenvalue weighted by atomic mass is 9.88. The maximum absolute atomic E-state index is 13.3. The van der Waals surface area contributed by atoms with Crippen molar-refractivity contribution >= 4 is 28.1 Å². The molecule has 3 aromatic rings. The van der Waals surface area contributed by atoms with Gasteiger partial charge in [-0.15, -0.1) is 11.3 Å². The number of benzene rings is 1. The molecule has 0 bridgehead atoms. The molecule has 1 fully saturated rings. The number of aromatic nitrogens is 1. The molecule has 0 atom stereocenters. The average molecular weight is 425 g/mol. The Hall–Kier alpha value is -2.60. The minimum Gasteiger partial charge on any atom is -0.494 e. The van der Waals surface area contributed by atoms with Gasteiger partial charge in [-0.3, -0.25) is 9.59 Å². The highest BCUT2D eigenvalue weighted by Gasteiger charge is 2.27.